The Kier molecular flexibility index (Phi) is 4.34. The molecule has 106 valence electrons. The van der Waals surface area contributed by atoms with Gasteiger partial charge in [-0.25, -0.2) is 0 Å². The zero-order valence-electron chi connectivity index (χ0n) is 10.9. The Hall–Kier alpha value is -0.970. The van der Waals surface area contributed by atoms with Crippen LogP contribution in [0.2, 0.25) is 5.02 Å². The number of hydrogen-bond acceptors (Lipinski definition) is 3. The average Bonchev–Trinajstić information content (AvgIpc) is 3.16. The van der Waals surface area contributed by atoms with E-state index in [0.29, 0.717) is 23.4 Å². The highest BCUT2D eigenvalue weighted by Crippen LogP contribution is 2.29. The Labute approximate surface area is 131 Å². The summed E-state index contributed by atoms with van der Waals surface area (Å²) in [5.41, 5.74) is 1.05. The van der Waals surface area contributed by atoms with Gasteiger partial charge in [0.05, 0.1) is 17.8 Å². The Morgan fingerprint density at radius 3 is 3.00 bits per heavy atom. The topological polar surface area (TPSA) is 34.4 Å². The minimum atomic E-state index is 0.453. The van der Waals surface area contributed by atoms with E-state index in [1.165, 1.54) is 12.8 Å². The summed E-state index contributed by atoms with van der Waals surface area (Å²) in [6, 6.07) is 8.16. The lowest BCUT2D eigenvalue weighted by Crippen LogP contribution is -2.16. The summed E-state index contributed by atoms with van der Waals surface area (Å²) in [5.74, 6) is 1.60. The van der Waals surface area contributed by atoms with Gasteiger partial charge < -0.3 is 14.5 Å². The molecule has 0 amide bonds. The van der Waals surface area contributed by atoms with Gasteiger partial charge in [0, 0.05) is 16.1 Å². The fraction of sp³-hybridized carbons (Fsp3) is 0.333. The van der Waals surface area contributed by atoms with Crippen LogP contribution in [0.1, 0.15) is 24.2 Å². The monoisotopic (exact) mass is 355 g/mol. The second kappa shape index (κ2) is 6.20. The van der Waals surface area contributed by atoms with Gasteiger partial charge in [-0.3, -0.25) is 0 Å². The molecule has 0 unspecified atom stereocenters. The maximum Gasteiger partial charge on any atom is 0.139 e. The van der Waals surface area contributed by atoms with Crippen molar-refractivity contribution in [2.24, 2.45) is 0 Å². The molecule has 0 bridgehead atoms. The summed E-state index contributed by atoms with van der Waals surface area (Å²) in [4.78, 5) is 0. The lowest BCUT2D eigenvalue weighted by molar-refractivity contribution is 0.301. The highest BCUT2D eigenvalue weighted by atomic mass is 79.9. The van der Waals surface area contributed by atoms with Gasteiger partial charge in [0.2, 0.25) is 0 Å². The van der Waals surface area contributed by atoms with E-state index in [1.807, 2.05) is 24.3 Å². The van der Waals surface area contributed by atoms with Crippen molar-refractivity contribution in [3.05, 3.63) is 51.3 Å². The van der Waals surface area contributed by atoms with Crippen LogP contribution in [-0.4, -0.2) is 6.04 Å². The van der Waals surface area contributed by atoms with Crippen LogP contribution in [0.15, 0.2) is 39.4 Å². The van der Waals surface area contributed by atoms with Crippen LogP contribution in [0.25, 0.3) is 0 Å². The molecule has 0 spiro atoms. The molecule has 0 radical (unpaired) electrons. The summed E-state index contributed by atoms with van der Waals surface area (Å²) in [5, 5.41) is 4.04. The third-order valence-corrected chi connectivity index (χ3v) is 4.05. The maximum atomic E-state index is 6.11. The summed E-state index contributed by atoms with van der Waals surface area (Å²) in [6.45, 7) is 1.21. The molecule has 1 heterocycles. The van der Waals surface area contributed by atoms with Crippen molar-refractivity contribution in [2.45, 2.75) is 32.0 Å². The first kappa shape index (κ1) is 14.0. The molecule has 1 N–H and O–H groups in total. The number of hydrogen-bond donors (Lipinski definition) is 1. The zero-order chi connectivity index (χ0) is 13.9. The van der Waals surface area contributed by atoms with Gasteiger partial charge in [0.1, 0.15) is 18.1 Å². The quantitative estimate of drug-likeness (QED) is 0.826. The predicted octanol–water partition coefficient (Wildman–Crippen LogP) is 4.53. The lowest BCUT2D eigenvalue weighted by Gasteiger charge is -2.09. The molecule has 1 fully saturated rings. The van der Waals surface area contributed by atoms with E-state index < -0.39 is 0 Å². The first-order valence-corrected chi connectivity index (χ1v) is 7.76. The molecule has 2 aromatic rings. The first-order chi connectivity index (χ1) is 9.72. The summed E-state index contributed by atoms with van der Waals surface area (Å²) in [7, 11) is 0. The summed E-state index contributed by atoms with van der Waals surface area (Å²) >= 11 is 9.52. The Morgan fingerprint density at radius 1 is 1.35 bits per heavy atom. The number of furan rings is 1. The van der Waals surface area contributed by atoms with E-state index in [2.05, 4.69) is 21.2 Å². The SMILES string of the molecule is Clc1ccc(Br)cc1OCc1ccoc1CNC1CC1. The van der Waals surface area contributed by atoms with Crippen LogP contribution >= 0.6 is 27.5 Å². The van der Waals surface area contributed by atoms with Gasteiger partial charge in [0.15, 0.2) is 0 Å². The Morgan fingerprint density at radius 2 is 2.20 bits per heavy atom. The smallest absolute Gasteiger partial charge is 0.139 e. The molecule has 1 aliphatic rings. The zero-order valence-corrected chi connectivity index (χ0v) is 13.2. The van der Waals surface area contributed by atoms with Crippen LogP contribution in [0, 0.1) is 0 Å². The molecule has 1 saturated carbocycles. The van der Waals surface area contributed by atoms with Gasteiger partial charge in [-0.2, -0.15) is 0 Å². The predicted molar refractivity (Wildman–Crippen MR) is 82.1 cm³/mol. The van der Waals surface area contributed by atoms with Gasteiger partial charge in [0.25, 0.3) is 0 Å². The molecule has 3 rings (SSSR count). The minimum Gasteiger partial charge on any atom is -0.487 e. The van der Waals surface area contributed by atoms with Crippen molar-refractivity contribution < 1.29 is 9.15 Å². The molecule has 20 heavy (non-hydrogen) atoms. The average molecular weight is 357 g/mol. The van der Waals surface area contributed by atoms with E-state index in [9.17, 15) is 0 Å². The second-order valence-corrected chi connectivity index (χ2v) is 6.21. The van der Waals surface area contributed by atoms with Crippen LogP contribution in [0.5, 0.6) is 5.75 Å². The van der Waals surface area contributed by atoms with Crippen LogP contribution < -0.4 is 10.1 Å². The molecule has 1 aliphatic carbocycles. The summed E-state index contributed by atoms with van der Waals surface area (Å²) < 4.78 is 12.2. The lowest BCUT2D eigenvalue weighted by atomic mass is 10.2. The molecule has 0 aliphatic heterocycles. The number of benzene rings is 1. The highest BCUT2D eigenvalue weighted by molar-refractivity contribution is 9.10. The molecule has 0 saturated heterocycles. The minimum absolute atomic E-state index is 0.453. The van der Waals surface area contributed by atoms with Crippen molar-refractivity contribution in [1.29, 1.82) is 0 Å². The summed E-state index contributed by atoms with van der Waals surface area (Å²) in [6.07, 6.45) is 4.23. The van der Waals surface area contributed by atoms with Gasteiger partial charge in [-0.15, -0.1) is 0 Å². The molecule has 5 heteroatoms. The van der Waals surface area contributed by atoms with Crippen LogP contribution in [-0.2, 0) is 13.2 Å². The fourth-order valence-electron chi connectivity index (χ4n) is 1.92. The standard InChI is InChI=1S/C15H15BrClNO2/c16-11-1-4-13(17)14(7-11)20-9-10-5-6-19-15(10)8-18-12-2-3-12/h1,4-7,12,18H,2-3,8-9H2. The van der Waals surface area contributed by atoms with Gasteiger partial charge >= 0.3 is 0 Å². The largest absolute Gasteiger partial charge is 0.487 e. The third kappa shape index (κ3) is 3.57. The number of nitrogens with one attached hydrogen (secondary N) is 1. The highest BCUT2D eigenvalue weighted by Gasteiger charge is 2.21. The van der Waals surface area contributed by atoms with Crippen LogP contribution in [0.3, 0.4) is 0 Å². The Balaban J connectivity index is 1.62. The Bertz CT molecular complexity index is 595. The number of rotatable bonds is 6. The van der Waals surface area contributed by atoms with Crippen molar-refractivity contribution in [3.63, 3.8) is 0 Å². The fourth-order valence-corrected chi connectivity index (χ4v) is 2.43. The van der Waals surface area contributed by atoms with Crippen LogP contribution in [0.4, 0.5) is 0 Å². The number of ether oxygens (including phenoxy) is 1. The van der Waals surface area contributed by atoms with E-state index >= 15 is 0 Å². The third-order valence-electron chi connectivity index (χ3n) is 3.24. The first-order valence-electron chi connectivity index (χ1n) is 6.59. The molecular weight excluding hydrogens is 342 g/mol. The van der Waals surface area contributed by atoms with Crippen molar-refractivity contribution in [1.82, 2.24) is 5.32 Å². The van der Waals surface area contributed by atoms with Gasteiger partial charge in [-0.1, -0.05) is 27.5 Å². The van der Waals surface area contributed by atoms with Crippen molar-refractivity contribution >= 4 is 27.5 Å². The van der Waals surface area contributed by atoms with Crippen molar-refractivity contribution in [3.8, 4) is 5.75 Å². The van der Waals surface area contributed by atoms with E-state index in [-0.39, 0.29) is 0 Å². The maximum absolute atomic E-state index is 6.11. The normalized spacial score (nSPS) is 14.5. The molecular formula is C15H15BrClNO2. The van der Waals surface area contributed by atoms with E-state index in [0.717, 1.165) is 22.3 Å². The molecule has 0 atom stereocenters. The second-order valence-electron chi connectivity index (χ2n) is 4.89. The van der Waals surface area contributed by atoms with E-state index in [1.54, 1.807) is 6.26 Å². The number of halogens is 2. The molecule has 3 nitrogen and oxygen atoms in total. The molecule has 1 aromatic carbocycles. The van der Waals surface area contributed by atoms with E-state index in [4.69, 9.17) is 20.8 Å². The van der Waals surface area contributed by atoms with Gasteiger partial charge in [-0.05, 0) is 37.1 Å². The molecule has 1 aromatic heterocycles. The van der Waals surface area contributed by atoms with Crippen molar-refractivity contribution in [2.75, 3.05) is 0 Å².